The van der Waals surface area contributed by atoms with Crippen LogP contribution >= 0.6 is 0 Å². The zero-order valence-electron chi connectivity index (χ0n) is 18.5. The van der Waals surface area contributed by atoms with Gasteiger partial charge in [-0.1, -0.05) is 127 Å². The van der Waals surface area contributed by atoms with Crippen LogP contribution in [0.3, 0.4) is 0 Å². The molecule has 0 radical (unpaired) electrons. The highest BCUT2D eigenvalue weighted by Gasteiger charge is 2.48. The monoisotopic (exact) mass is 438 g/mol. The highest BCUT2D eigenvalue weighted by atomic mass is 16.6. The summed E-state index contributed by atoms with van der Waals surface area (Å²) in [5.41, 5.74) is 6.90. The van der Waals surface area contributed by atoms with Crippen LogP contribution in [0.4, 0.5) is 0 Å². The van der Waals surface area contributed by atoms with Gasteiger partial charge in [0.1, 0.15) is 0 Å². The summed E-state index contributed by atoms with van der Waals surface area (Å²) < 4.78 is 6.24. The standard InChI is InChI=1S/C32H22O2/c33-31-29-13-7-8-14-30(29)32(34-31,27-19-15-25(16-20-27)23-9-3-1-4-10-23)28-21-17-26(18-22-28)24-11-5-2-6-12-24/h1-22H. The molecule has 0 atom stereocenters. The number of carbonyl (C=O) groups is 1. The molecule has 1 aliphatic heterocycles. The second-order valence-corrected chi connectivity index (χ2v) is 8.50. The summed E-state index contributed by atoms with van der Waals surface area (Å²) in [5, 5.41) is 0. The van der Waals surface area contributed by atoms with Crippen LogP contribution < -0.4 is 0 Å². The van der Waals surface area contributed by atoms with Gasteiger partial charge in [0, 0.05) is 16.7 Å². The van der Waals surface area contributed by atoms with Crippen molar-refractivity contribution in [2.45, 2.75) is 5.60 Å². The minimum Gasteiger partial charge on any atom is -0.441 e. The van der Waals surface area contributed by atoms with Gasteiger partial charge in [0.2, 0.25) is 0 Å². The van der Waals surface area contributed by atoms with Crippen molar-refractivity contribution >= 4 is 5.97 Å². The lowest BCUT2D eigenvalue weighted by Gasteiger charge is -2.30. The van der Waals surface area contributed by atoms with Crippen molar-refractivity contribution in [2.24, 2.45) is 0 Å². The van der Waals surface area contributed by atoms with E-state index in [9.17, 15) is 4.79 Å². The highest BCUT2D eigenvalue weighted by molar-refractivity contribution is 5.96. The molecule has 0 aromatic heterocycles. The summed E-state index contributed by atoms with van der Waals surface area (Å²) >= 11 is 0. The topological polar surface area (TPSA) is 26.3 Å². The van der Waals surface area contributed by atoms with E-state index in [-0.39, 0.29) is 5.97 Å². The van der Waals surface area contributed by atoms with Crippen LogP contribution in [-0.4, -0.2) is 5.97 Å². The van der Waals surface area contributed by atoms with Crippen LogP contribution in [0.25, 0.3) is 22.3 Å². The van der Waals surface area contributed by atoms with E-state index in [2.05, 4.69) is 72.8 Å². The summed E-state index contributed by atoms with van der Waals surface area (Å²) in [6.45, 7) is 0. The Labute approximate surface area is 199 Å². The summed E-state index contributed by atoms with van der Waals surface area (Å²) in [6, 6.07) is 44.9. The van der Waals surface area contributed by atoms with Crippen molar-refractivity contribution in [3.8, 4) is 22.3 Å². The zero-order valence-corrected chi connectivity index (χ0v) is 18.5. The number of benzene rings is 5. The Balaban J connectivity index is 1.50. The van der Waals surface area contributed by atoms with Crippen molar-refractivity contribution < 1.29 is 9.53 Å². The molecule has 6 rings (SSSR count). The largest absolute Gasteiger partial charge is 0.441 e. The van der Waals surface area contributed by atoms with E-state index in [1.807, 2.05) is 60.7 Å². The van der Waals surface area contributed by atoms with Crippen LogP contribution in [0.1, 0.15) is 27.0 Å². The lowest BCUT2D eigenvalue weighted by Crippen LogP contribution is -2.29. The molecule has 0 spiro atoms. The Kier molecular flexibility index (Phi) is 4.85. The molecule has 5 aromatic rings. The molecule has 1 aliphatic rings. The summed E-state index contributed by atoms with van der Waals surface area (Å²) in [5.74, 6) is -0.296. The average Bonchev–Trinajstić information content (AvgIpc) is 3.23. The molecule has 0 amide bonds. The highest BCUT2D eigenvalue weighted by Crippen LogP contribution is 2.47. The van der Waals surface area contributed by atoms with Gasteiger partial charge in [-0.15, -0.1) is 0 Å². The van der Waals surface area contributed by atoms with Crippen LogP contribution in [0.2, 0.25) is 0 Å². The number of cyclic esters (lactones) is 1. The van der Waals surface area contributed by atoms with E-state index in [1.165, 1.54) is 0 Å². The summed E-state index contributed by atoms with van der Waals surface area (Å²) in [6.07, 6.45) is 0. The molecule has 0 saturated heterocycles. The fourth-order valence-corrected chi connectivity index (χ4v) is 4.87. The van der Waals surface area contributed by atoms with E-state index < -0.39 is 5.60 Å². The smallest absolute Gasteiger partial charge is 0.340 e. The van der Waals surface area contributed by atoms with Crippen LogP contribution in [0.5, 0.6) is 0 Å². The Morgan fingerprint density at radius 3 is 1.35 bits per heavy atom. The first-order valence-corrected chi connectivity index (χ1v) is 11.4. The molecular weight excluding hydrogens is 416 g/mol. The van der Waals surface area contributed by atoms with Crippen molar-refractivity contribution in [1.82, 2.24) is 0 Å². The molecule has 0 unspecified atom stereocenters. The van der Waals surface area contributed by atoms with Gasteiger partial charge in [0.05, 0.1) is 5.56 Å². The number of esters is 1. The summed E-state index contributed by atoms with van der Waals surface area (Å²) in [7, 11) is 0. The maximum Gasteiger partial charge on any atom is 0.340 e. The first kappa shape index (κ1) is 20.2. The number of hydrogen-bond donors (Lipinski definition) is 0. The second kappa shape index (κ2) is 8.17. The van der Waals surface area contributed by atoms with Gasteiger partial charge < -0.3 is 4.74 Å². The predicted molar refractivity (Wildman–Crippen MR) is 135 cm³/mol. The predicted octanol–water partition coefficient (Wildman–Crippen LogP) is 7.48. The molecule has 1 heterocycles. The SMILES string of the molecule is O=C1OC(c2ccc(-c3ccccc3)cc2)(c2ccc(-c3ccccc3)cc2)c2ccccc21. The second-order valence-electron chi connectivity index (χ2n) is 8.50. The molecule has 2 nitrogen and oxygen atoms in total. The average molecular weight is 439 g/mol. The quantitative estimate of drug-likeness (QED) is 0.272. The maximum absolute atomic E-state index is 13.0. The van der Waals surface area contributed by atoms with Gasteiger partial charge in [-0.25, -0.2) is 4.79 Å². The molecule has 34 heavy (non-hydrogen) atoms. The third-order valence-electron chi connectivity index (χ3n) is 6.57. The maximum atomic E-state index is 13.0. The molecule has 0 saturated carbocycles. The Hall–Kier alpha value is -4.43. The zero-order chi connectivity index (χ0) is 23.0. The van der Waals surface area contributed by atoms with E-state index in [0.717, 1.165) is 38.9 Å². The van der Waals surface area contributed by atoms with Crippen molar-refractivity contribution in [1.29, 1.82) is 0 Å². The molecule has 0 bridgehead atoms. The number of rotatable bonds is 4. The van der Waals surface area contributed by atoms with E-state index in [0.29, 0.717) is 5.56 Å². The minimum absolute atomic E-state index is 0.296. The van der Waals surface area contributed by atoms with Crippen molar-refractivity contribution in [3.05, 3.63) is 156 Å². The first-order chi connectivity index (χ1) is 16.8. The van der Waals surface area contributed by atoms with E-state index >= 15 is 0 Å². The number of hydrogen-bond acceptors (Lipinski definition) is 2. The van der Waals surface area contributed by atoms with Crippen LogP contribution in [-0.2, 0) is 10.3 Å². The number of carbonyl (C=O) groups excluding carboxylic acids is 1. The molecule has 162 valence electrons. The lowest BCUT2D eigenvalue weighted by atomic mass is 9.79. The fraction of sp³-hybridized carbons (Fsp3) is 0.0312. The van der Waals surface area contributed by atoms with Gasteiger partial charge in [-0.05, 0) is 28.3 Å². The Morgan fingerprint density at radius 2 is 0.853 bits per heavy atom. The van der Waals surface area contributed by atoms with Gasteiger partial charge in [-0.2, -0.15) is 0 Å². The molecular formula is C32H22O2. The fourth-order valence-electron chi connectivity index (χ4n) is 4.87. The van der Waals surface area contributed by atoms with E-state index in [4.69, 9.17) is 4.74 Å². The lowest BCUT2D eigenvalue weighted by molar-refractivity contribution is 0.0251. The normalized spacial score (nSPS) is 13.8. The number of fused-ring (bicyclic) bond motifs is 1. The van der Waals surface area contributed by atoms with Gasteiger partial charge in [0.25, 0.3) is 0 Å². The Bertz CT molecular complexity index is 1370. The van der Waals surface area contributed by atoms with Crippen LogP contribution in [0, 0.1) is 0 Å². The van der Waals surface area contributed by atoms with Crippen molar-refractivity contribution in [2.75, 3.05) is 0 Å². The third kappa shape index (κ3) is 3.23. The van der Waals surface area contributed by atoms with Gasteiger partial charge in [-0.3, -0.25) is 0 Å². The van der Waals surface area contributed by atoms with Crippen LogP contribution in [0.15, 0.2) is 133 Å². The molecule has 2 heteroatoms. The molecule has 0 fully saturated rings. The van der Waals surface area contributed by atoms with Gasteiger partial charge >= 0.3 is 5.97 Å². The van der Waals surface area contributed by atoms with Gasteiger partial charge in [0.15, 0.2) is 5.60 Å². The van der Waals surface area contributed by atoms with E-state index in [1.54, 1.807) is 0 Å². The number of ether oxygens (including phenoxy) is 1. The Morgan fingerprint density at radius 1 is 0.441 bits per heavy atom. The summed E-state index contributed by atoms with van der Waals surface area (Å²) in [4.78, 5) is 13.0. The van der Waals surface area contributed by atoms with Crippen molar-refractivity contribution in [3.63, 3.8) is 0 Å². The molecule has 5 aromatic carbocycles. The third-order valence-corrected chi connectivity index (χ3v) is 6.57. The minimum atomic E-state index is -0.988. The molecule has 0 N–H and O–H groups in total. The first-order valence-electron chi connectivity index (χ1n) is 11.4. The molecule has 0 aliphatic carbocycles.